The molecule has 0 saturated carbocycles. The Labute approximate surface area is 151 Å². The molecule has 0 aromatic heterocycles. The van der Waals surface area contributed by atoms with E-state index in [2.05, 4.69) is 10.3 Å². The van der Waals surface area contributed by atoms with Crippen molar-refractivity contribution in [2.45, 2.75) is 6.92 Å². The molecule has 0 aliphatic carbocycles. The van der Waals surface area contributed by atoms with Crippen LogP contribution >= 0.6 is 24.0 Å². The molecule has 1 aromatic rings. The second-order valence-electron chi connectivity index (χ2n) is 5.06. The van der Waals surface area contributed by atoms with Crippen LogP contribution in [-0.2, 0) is 10.0 Å². The van der Waals surface area contributed by atoms with Gasteiger partial charge in [-0.05, 0) is 19.1 Å². The van der Waals surface area contributed by atoms with Crippen LogP contribution in [0, 0.1) is 17.6 Å². The van der Waals surface area contributed by atoms with Crippen LogP contribution in [0.1, 0.15) is 6.92 Å². The number of benzene rings is 1. The van der Waals surface area contributed by atoms with Gasteiger partial charge in [0.2, 0.25) is 10.0 Å². The Bertz CT molecular complexity index is 679. The van der Waals surface area contributed by atoms with Crippen molar-refractivity contribution in [3.8, 4) is 0 Å². The van der Waals surface area contributed by atoms with Crippen molar-refractivity contribution < 1.29 is 17.2 Å². The molecular formula is C13H19F2IN4O2S. The number of nitrogens with one attached hydrogen (secondary N) is 1. The van der Waals surface area contributed by atoms with Gasteiger partial charge in [0.1, 0.15) is 11.6 Å². The maximum absolute atomic E-state index is 13.4. The SMILES string of the molecule is CCS(=O)(=O)N1CC(CN=C(N)Nc2cc(F)ccc2F)C1.I. The van der Waals surface area contributed by atoms with E-state index >= 15 is 0 Å². The molecule has 10 heteroatoms. The molecular weight excluding hydrogens is 441 g/mol. The second-order valence-corrected chi connectivity index (χ2v) is 7.32. The molecule has 23 heavy (non-hydrogen) atoms. The maximum atomic E-state index is 13.4. The summed E-state index contributed by atoms with van der Waals surface area (Å²) in [7, 11) is -3.15. The summed E-state index contributed by atoms with van der Waals surface area (Å²) in [5.41, 5.74) is 5.52. The van der Waals surface area contributed by atoms with E-state index < -0.39 is 21.7 Å². The third-order valence-electron chi connectivity index (χ3n) is 3.39. The molecule has 1 aliphatic rings. The van der Waals surface area contributed by atoms with Gasteiger partial charge < -0.3 is 11.1 Å². The van der Waals surface area contributed by atoms with Crippen LogP contribution in [0.3, 0.4) is 0 Å². The predicted molar refractivity (Wildman–Crippen MR) is 96.4 cm³/mol. The molecule has 0 spiro atoms. The summed E-state index contributed by atoms with van der Waals surface area (Å²) in [4.78, 5) is 4.03. The third-order valence-corrected chi connectivity index (χ3v) is 5.21. The minimum atomic E-state index is -3.15. The summed E-state index contributed by atoms with van der Waals surface area (Å²) < 4.78 is 50.9. The molecule has 1 aliphatic heterocycles. The lowest BCUT2D eigenvalue weighted by Crippen LogP contribution is -2.51. The number of nitrogens with two attached hydrogens (primary N) is 1. The summed E-state index contributed by atoms with van der Waals surface area (Å²) in [6.45, 7) is 2.73. The fraction of sp³-hybridized carbons (Fsp3) is 0.462. The van der Waals surface area contributed by atoms with E-state index in [1.807, 2.05) is 0 Å². The average molecular weight is 460 g/mol. The summed E-state index contributed by atoms with van der Waals surface area (Å²) in [6, 6.07) is 2.98. The van der Waals surface area contributed by atoms with Crippen LogP contribution in [-0.4, -0.2) is 44.1 Å². The predicted octanol–water partition coefficient (Wildman–Crippen LogP) is 1.59. The lowest BCUT2D eigenvalue weighted by atomic mass is 10.0. The Kier molecular flexibility index (Phi) is 7.14. The number of guanidine groups is 1. The number of halogens is 3. The Morgan fingerprint density at radius 2 is 2.09 bits per heavy atom. The minimum Gasteiger partial charge on any atom is -0.370 e. The molecule has 1 aromatic carbocycles. The molecule has 1 fully saturated rings. The monoisotopic (exact) mass is 460 g/mol. The van der Waals surface area contributed by atoms with Crippen molar-refractivity contribution >= 4 is 45.6 Å². The fourth-order valence-electron chi connectivity index (χ4n) is 2.05. The Hall–Kier alpha value is -1.01. The van der Waals surface area contributed by atoms with Gasteiger partial charge in [-0.2, -0.15) is 0 Å². The van der Waals surface area contributed by atoms with Crippen LogP contribution in [0.25, 0.3) is 0 Å². The molecule has 1 heterocycles. The van der Waals surface area contributed by atoms with Gasteiger partial charge in [-0.3, -0.25) is 4.99 Å². The lowest BCUT2D eigenvalue weighted by molar-refractivity contribution is 0.208. The first-order valence-electron chi connectivity index (χ1n) is 6.81. The molecule has 0 amide bonds. The average Bonchev–Trinajstić information content (AvgIpc) is 2.41. The zero-order valence-electron chi connectivity index (χ0n) is 12.5. The highest BCUT2D eigenvalue weighted by Crippen LogP contribution is 2.20. The highest BCUT2D eigenvalue weighted by atomic mass is 127. The van der Waals surface area contributed by atoms with Crippen molar-refractivity contribution in [3.63, 3.8) is 0 Å². The van der Waals surface area contributed by atoms with Gasteiger partial charge in [-0.25, -0.2) is 21.5 Å². The number of rotatable bonds is 5. The van der Waals surface area contributed by atoms with Gasteiger partial charge in [0.25, 0.3) is 0 Å². The van der Waals surface area contributed by atoms with Crippen LogP contribution in [0.2, 0.25) is 0 Å². The summed E-state index contributed by atoms with van der Waals surface area (Å²) in [6.07, 6.45) is 0. The number of nitrogens with zero attached hydrogens (tertiary/aromatic N) is 2. The van der Waals surface area contributed by atoms with Gasteiger partial charge in [-0.15, -0.1) is 24.0 Å². The molecule has 0 bridgehead atoms. The molecule has 2 rings (SSSR count). The minimum absolute atomic E-state index is 0. The number of hydrogen-bond acceptors (Lipinski definition) is 3. The first-order chi connectivity index (χ1) is 10.3. The van der Waals surface area contributed by atoms with E-state index in [1.54, 1.807) is 6.92 Å². The number of aliphatic imine (C=N–C) groups is 1. The Morgan fingerprint density at radius 1 is 1.43 bits per heavy atom. The third kappa shape index (κ3) is 5.24. The van der Waals surface area contributed by atoms with Crippen molar-refractivity contribution in [3.05, 3.63) is 29.8 Å². The van der Waals surface area contributed by atoms with Gasteiger partial charge in [0.15, 0.2) is 5.96 Å². The van der Waals surface area contributed by atoms with E-state index in [0.717, 1.165) is 18.2 Å². The number of hydrogen-bond donors (Lipinski definition) is 2. The van der Waals surface area contributed by atoms with Crippen LogP contribution < -0.4 is 11.1 Å². The highest BCUT2D eigenvalue weighted by Gasteiger charge is 2.34. The molecule has 130 valence electrons. The number of sulfonamides is 1. The Balaban J connectivity index is 0.00000264. The van der Waals surface area contributed by atoms with E-state index in [-0.39, 0.29) is 47.3 Å². The summed E-state index contributed by atoms with van der Waals surface area (Å²) in [5, 5.41) is 2.49. The normalized spacial score (nSPS) is 16.6. The largest absolute Gasteiger partial charge is 0.370 e. The molecule has 1 saturated heterocycles. The van der Waals surface area contributed by atoms with Gasteiger partial charge in [0.05, 0.1) is 11.4 Å². The Morgan fingerprint density at radius 3 is 2.70 bits per heavy atom. The van der Waals surface area contributed by atoms with Crippen molar-refractivity contribution in [1.29, 1.82) is 0 Å². The summed E-state index contributed by atoms with van der Waals surface area (Å²) in [5.74, 6) is -1.11. The highest BCUT2D eigenvalue weighted by molar-refractivity contribution is 14.0. The van der Waals surface area contributed by atoms with Crippen molar-refractivity contribution in [1.82, 2.24) is 4.31 Å². The van der Waals surface area contributed by atoms with Crippen molar-refractivity contribution in [2.24, 2.45) is 16.6 Å². The zero-order chi connectivity index (χ0) is 16.3. The topological polar surface area (TPSA) is 87.8 Å². The quantitative estimate of drug-likeness (QED) is 0.397. The van der Waals surface area contributed by atoms with Gasteiger partial charge in [0, 0.05) is 31.6 Å². The van der Waals surface area contributed by atoms with Gasteiger partial charge >= 0.3 is 0 Å². The molecule has 0 atom stereocenters. The molecule has 6 nitrogen and oxygen atoms in total. The molecule has 0 radical (unpaired) electrons. The lowest BCUT2D eigenvalue weighted by Gasteiger charge is -2.37. The van der Waals surface area contributed by atoms with E-state index in [0.29, 0.717) is 19.6 Å². The fourth-order valence-corrected chi connectivity index (χ4v) is 3.29. The van der Waals surface area contributed by atoms with E-state index in [1.165, 1.54) is 4.31 Å². The van der Waals surface area contributed by atoms with Crippen LogP contribution in [0.15, 0.2) is 23.2 Å². The number of anilines is 1. The van der Waals surface area contributed by atoms with Crippen LogP contribution in [0.5, 0.6) is 0 Å². The maximum Gasteiger partial charge on any atom is 0.213 e. The first-order valence-corrected chi connectivity index (χ1v) is 8.42. The molecule has 3 N–H and O–H groups in total. The molecule has 0 unspecified atom stereocenters. The summed E-state index contributed by atoms with van der Waals surface area (Å²) >= 11 is 0. The van der Waals surface area contributed by atoms with Crippen molar-refractivity contribution in [2.75, 3.05) is 30.7 Å². The first kappa shape index (κ1) is 20.0. The standard InChI is InChI=1S/C13H18F2N4O2S.HI/c1-2-22(20,21)19-7-9(8-19)6-17-13(16)18-12-5-10(14)3-4-11(12)15;/h3-5,9H,2,6-8H2,1H3,(H3,16,17,18);1H. The smallest absolute Gasteiger partial charge is 0.213 e. The zero-order valence-corrected chi connectivity index (χ0v) is 15.6. The van der Waals surface area contributed by atoms with Crippen LogP contribution in [0.4, 0.5) is 14.5 Å². The van der Waals surface area contributed by atoms with E-state index in [9.17, 15) is 17.2 Å². The van der Waals surface area contributed by atoms with E-state index in [4.69, 9.17) is 5.73 Å². The second kappa shape index (κ2) is 8.20. The van der Waals surface area contributed by atoms with Gasteiger partial charge in [-0.1, -0.05) is 0 Å².